The van der Waals surface area contributed by atoms with Gasteiger partial charge >= 0.3 is 0 Å². The minimum Gasteiger partial charge on any atom is -0.367 e. The molecule has 39 heavy (non-hydrogen) atoms. The van der Waals surface area contributed by atoms with Gasteiger partial charge in [0.2, 0.25) is 5.91 Å². The molecular weight excluding hydrogens is 486 g/mol. The van der Waals surface area contributed by atoms with Gasteiger partial charge in [-0.1, -0.05) is 19.3 Å². The molecule has 3 aromatic rings. The molecule has 1 aliphatic carbocycles. The number of anilines is 2. The molecule has 0 aromatic carbocycles. The summed E-state index contributed by atoms with van der Waals surface area (Å²) in [5.41, 5.74) is 1.99. The number of likely N-dealkylation sites (tertiary alicyclic amines) is 1. The summed E-state index contributed by atoms with van der Waals surface area (Å²) in [5.74, 6) is 2.19. The smallest absolute Gasteiger partial charge is 0.223 e. The summed E-state index contributed by atoms with van der Waals surface area (Å²) < 4.78 is 0. The standard InChI is InChI=1S/C31H41N7O/c39-31(34-14-19-37-15-4-5-16-37)23-10-17-38(18-11-23)30-27-9-12-32-22-25(27)20-28(36-30)24-8-13-33-29(21-24)35-26-6-2-1-3-7-26/h8-9,12-13,20-23,26H,1-7,10-11,14-19H2,(H,33,35)(H,34,39). The zero-order valence-electron chi connectivity index (χ0n) is 22.9. The summed E-state index contributed by atoms with van der Waals surface area (Å²) in [7, 11) is 0. The van der Waals surface area contributed by atoms with Crippen molar-refractivity contribution in [3.05, 3.63) is 42.9 Å². The fourth-order valence-corrected chi connectivity index (χ4v) is 6.43. The Labute approximate surface area is 231 Å². The molecule has 8 nitrogen and oxygen atoms in total. The molecule has 3 aromatic heterocycles. The van der Waals surface area contributed by atoms with E-state index in [2.05, 4.69) is 48.6 Å². The number of hydrogen-bond acceptors (Lipinski definition) is 7. The molecular formula is C31H41N7O. The molecule has 2 N–H and O–H groups in total. The number of carbonyl (C=O) groups is 1. The van der Waals surface area contributed by atoms with E-state index in [1.807, 2.05) is 24.7 Å². The lowest BCUT2D eigenvalue weighted by molar-refractivity contribution is -0.125. The SMILES string of the molecule is O=C(NCCN1CCCC1)C1CCN(c2nc(-c3ccnc(NC4CCCCC4)c3)cc3cnccc23)CC1. The van der Waals surface area contributed by atoms with E-state index in [0.29, 0.717) is 6.04 Å². The van der Waals surface area contributed by atoms with Crippen LogP contribution in [0.1, 0.15) is 57.8 Å². The fraction of sp³-hybridized carbons (Fsp3) is 0.548. The highest BCUT2D eigenvalue weighted by Crippen LogP contribution is 2.33. The molecule has 0 atom stereocenters. The quantitative estimate of drug-likeness (QED) is 0.432. The van der Waals surface area contributed by atoms with Crippen molar-refractivity contribution in [3.63, 3.8) is 0 Å². The van der Waals surface area contributed by atoms with Crippen molar-refractivity contribution in [2.24, 2.45) is 5.92 Å². The lowest BCUT2D eigenvalue weighted by Gasteiger charge is -2.33. The molecule has 6 rings (SSSR count). The van der Waals surface area contributed by atoms with Crippen molar-refractivity contribution in [1.82, 2.24) is 25.2 Å². The van der Waals surface area contributed by atoms with Gasteiger partial charge in [-0.15, -0.1) is 0 Å². The van der Waals surface area contributed by atoms with Crippen LogP contribution >= 0.6 is 0 Å². The second-order valence-corrected chi connectivity index (χ2v) is 11.4. The van der Waals surface area contributed by atoms with Gasteiger partial charge < -0.3 is 20.4 Å². The second-order valence-electron chi connectivity index (χ2n) is 11.4. The summed E-state index contributed by atoms with van der Waals surface area (Å²) in [6.07, 6.45) is 16.2. The van der Waals surface area contributed by atoms with Crippen molar-refractivity contribution >= 4 is 28.3 Å². The van der Waals surface area contributed by atoms with Crippen molar-refractivity contribution < 1.29 is 4.79 Å². The van der Waals surface area contributed by atoms with Crippen LogP contribution < -0.4 is 15.5 Å². The van der Waals surface area contributed by atoms with Gasteiger partial charge in [0.15, 0.2) is 0 Å². The van der Waals surface area contributed by atoms with Gasteiger partial charge in [-0.25, -0.2) is 9.97 Å². The lowest BCUT2D eigenvalue weighted by atomic mass is 9.95. The third kappa shape index (κ3) is 6.32. The first-order valence-electron chi connectivity index (χ1n) is 15.0. The average Bonchev–Trinajstić information content (AvgIpc) is 3.51. The number of nitrogens with zero attached hydrogens (tertiary/aromatic N) is 5. The number of hydrogen-bond donors (Lipinski definition) is 2. The minimum atomic E-state index is 0.0737. The number of amides is 1. The second kappa shape index (κ2) is 12.3. The van der Waals surface area contributed by atoms with Crippen molar-refractivity contribution in [1.29, 1.82) is 0 Å². The van der Waals surface area contributed by atoms with E-state index in [0.717, 1.165) is 72.7 Å². The van der Waals surface area contributed by atoms with E-state index in [9.17, 15) is 4.79 Å². The largest absolute Gasteiger partial charge is 0.367 e. The summed E-state index contributed by atoms with van der Waals surface area (Å²) in [6, 6.07) is 8.86. The van der Waals surface area contributed by atoms with Crippen LogP contribution in [0.15, 0.2) is 42.9 Å². The summed E-state index contributed by atoms with van der Waals surface area (Å²) in [6.45, 7) is 5.70. The van der Waals surface area contributed by atoms with Crippen LogP contribution in [0.5, 0.6) is 0 Å². The molecule has 5 heterocycles. The Morgan fingerprint density at radius 3 is 2.56 bits per heavy atom. The van der Waals surface area contributed by atoms with E-state index in [1.54, 1.807) is 0 Å². The van der Waals surface area contributed by atoms with Crippen molar-refractivity contribution in [3.8, 4) is 11.3 Å². The fourth-order valence-electron chi connectivity index (χ4n) is 6.43. The molecule has 3 fully saturated rings. The van der Waals surface area contributed by atoms with Crippen LogP contribution in [0.2, 0.25) is 0 Å². The van der Waals surface area contributed by atoms with Crippen molar-refractivity contribution in [2.75, 3.05) is 49.5 Å². The Bertz CT molecular complexity index is 1260. The Morgan fingerprint density at radius 2 is 1.74 bits per heavy atom. The zero-order chi connectivity index (χ0) is 26.4. The topological polar surface area (TPSA) is 86.3 Å². The van der Waals surface area contributed by atoms with Crippen LogP contribution in [0.3, 0.4) is 0 Å². The number of piperidine rings is 1. The van der Waals surface area contributed by atoms with Crippen LogP contribution in [0, 0.1) is 5.92 Å². The van der Waals surface area contributed by atoms with Gasteiger partial charge in [0, 0.05) is 73.1 Å². The van der Waals surface area contributed by atoms with Crippen LogP contribution in [0.25, 0.3) is 22.0 Å². The summed E-state index contributed by atoms with van der Waals surface area (Å²) in [4.78, 5) is 31.8. The first kappa shape index (κ1) is 26.0. The molecule has 1 amide bonds. The number of aromatic nitrogens is 3. The maximum Gasteiger partial charge on any atom is 0.223 e. The van der Waals surface area contributed by atoms with Gasteiger partial charge in [0.05, 0.1) is 5.69 Å². The van der Waals surface area contributed by atoms with Crippen molar-refractivity contribution in [2.45, 2.75) is 63.8 Å². The highest BCUT2D eigenvalue weighted by Gasteiger charge is 2.27. The first-order valence-corrected chi connectivity index (χ1v) is 15.0. The van der Waals surface area contributed by atoms with E-state index in [-0.39, 0.29) is 11.8 Å². The number of fused-ring (bicyclic) bond motifs is 1. The normalized spacial score (nSPS) is 19.4. The van der Waals surface area contributed by atoms with Gasteiger partial charge in [-0.05, 0) is 75.9 Å². The highest BCUT2D eigenvalue weighted by molar-refractivity contribution is 5.94. The van der Waals surface area contributed by atoms with E-state index >= 15 is 0 Å². The summed E-state index contributed by atoms with van der Waals surface area (Å²) >= 11 is 0. The van der Waals surface area contributed by atoms with Gasteiger partial charge in [-0.2, -0.15) is 0 Å². The van der Waals surface area contributed by atoms with Crippen LogP contribution in [0.4, 0.5) is 11.6 Å². The molecule has 0 bridgehead atoms. The number of nitrogens with one attached hydrogen (secondary N) is 2. The first-order chi connectivity index (χ1) is 19.2. The molecule has 0 spiro atoms. The zero-order valence-corrected chi connectivity index (χ0v) is 22.9. The number of rotatable bonds is 8. The average molecular weight is 528 g/mol. The Kier molecular flexibility index (Phi) is 8.19. The van der Waals surface area contributed by atoms with Crippen LogP contribution in [-0.4, -0.2) is 71.1 Å². The number of pyridine rings is 3. The van der Waals surface area contributed by atoms with Gasteiger partial charge in [0.25, 0.3) is 0 Å². The third-order valence-electron chi connectivity index (χ3n) is 8.72. The lowest BCUT2D eigenvalue weighted by Crippen LogP contribution is -2.42. The monoisotopic (exact) mass is 527 g/mol. The molecule has 206 valence electrons. The molecule has 2 saturated heterocycles. The van der Waals surface area contributed by atoms with Crippen LogP contribution in [-0.2, 0) is 4.79 Å². The molecule has 2 aliphatic heterocycles. The van der Waals surface area contributed by atoms with Gasteiger partial charge in [0.1, 0.15) is 11.6 Å². The Balaban J connectivity index is 1.15. The molecule has 0 radical (unpaired) electrons. The van der Waals surface area contributed by atoms with E-state index < -0.39 is 0 Å². The molecule has 3 aliphatic rings. The highest BCUT2D eigenvalue weighted by atomic mass is 16.1. The van der Waals surface area contributed by atoms with Gasteiger partial charge in [-0.3, -0.25) is 9.78 Å². The third-order valence-corrected chi connectivity index (χ3v) is 8.72. The maximum absolute atomic E-state index is 12.9. The predicted octanol–water partition coefficient (Wildman–Crippen LogP) is 4.86. The minimum absolute atomic E-state index is 0.0737. The molecule has 0 unspecified atom stereocenters. The van der Waals surface area contributed by atoms with E-state index in [4.69, 9.17) is 4.98 Å². The Hall–Kier alpha value is -3.26. The molecule has 8 heteroatoms. The molecule has 1 saturated carbocycles. The number of carbonyl (C=O) groups excluding carboxylic acids is 1. The maximum atomic E-state index is 12.9. The summed E-state index contributed by atoms with van der Waals surface area (Å²) in [5, 5.41) is 9.03. The van der Waals surface area contributed by atoms with E-state index in [1.165, 1.54) is 58.0 Å². The predicted molar refractivity (Wildman–Crippen MR) is 157 cm³/mol. The Morgan fingerprint density at radius 1 is 0.923 bits per heavy atom.